The Kier molecular flexibility index (Phi) is 11.2. The summed E-state index contributed by atoms with van der Waals surface area (Å²) < 4.78 is 6.30. The highest BCUT2D eigenvalue weighted by Gasteiger charge is 2.64. The van der Waals surface area contributed by atoms with Crippen molar-refractivity contribution < 1.29 is 14.3 Å². The summed E-state index contributed by atoms with van der Waals surface area (Å²) in [5.41, 5.74) is 0.552. The Balaban J connectivity index is 1.17. The zero-order valence-corrected chi connectivity index (χ0v) is 25.2. The number of terminal acetylenes is 1. The van der Waals surface area contributed by atoms with Gasteiger partial charge in [-0.05, 0) is 81.1 Å². The third-order valence-corrected chi connectivity index (χ3v) is 11.4. The van der Waals surface area contributed by atoms with Crippen LogP contribution < -0.4 is 0 Å². The zero-order chi connectivity index (χ0) is 27.7. The lowest BCUT2D eigenvalue weighted by Gasteiger charge is -2.55. The lowest BCUT2D eigenvalue weighted by molar-refractivity contribution is -0.170. The number of ether oxygens (including phenoxy) is 1. The number of allylic oxidation sites excluding steroid dienone is 1. The van der Waals surface area contributed by atoms with E-state index in [4.69, 9.17) is 11.2 Å². The molecule has 0 aliphatic heterocycles. The minimum absolute atomic E-state index is 0.0836. The smallest absolute Gasteiger partial charge is 0.307 e. The molecule has 0 spiro atoms. The first-order chi connectivity index (χ1) is 18.9. The molecule has 4 aliphatic rings. The molecule has 0 amide bonds. The van der Waals surface area contributed by atoms with Crippen molar-refractivity contribution in [3.05, 3.63) is 11.6 Å². The molecule has 6 atom stereocenters. The van der Waals surface area contributed by atoms with Crippen molar-refractivity contribution in [2.24, 2.45) is 29.1 Å². The molecule has 0 bridgehead atoms. The van der Waals surface area contributed by atoms with Crippen LogP contribution in [0.3, 0.4) is 0 Å². The van der Waals surface area contributed by atoms with E-state index in [2.05, 4.69) is 19.8 Å². The van der Waals surface area contributed by atoms with Crippen LogP contribution in [0.5, 0.6) is 0 Å². The van der Waals surface area contributed by atoms with Crippen LogP contribution in [-0.2, 0) is 14.3 Å². The summed E-state index contributed by atoms with van der Waals surface area (Å²) in [5.74, 6) is 5.73. The number of hydrogen-bond acceptors (Lipinski definition) is 3. The minimum atomic E-state index is -0.741. The molecule has 3 saturated carbocycles. The maximum absolute atomic E-state index is 13.0. The van der Waals surface area contributed by atoms with Crippen LogP contribution in [0.2, 0.25) is 0 Å². The van der Waals surface area contributed by atoms with Crippen LogP contribution >= 0.6 is 0 Å². The summed E-state index contributed by atoms with van der Waals surface area (Å²) in [6.07, 6.45) is 33.6. The number of esters is 1. The minimum Gasteiger partial charge on any atom is -0.445 e. The van der Waals surface area contributed by atoms with Gasteiger partial charge in [-0.15, -0.1) is 6.42 Å². The van der Waals surface area contributed by atoms with Gasteiger partial charge in [-0.1, -0.05) is 102 Å². The molecule has 0 aromatic heterocycles. The Hall–Kier alpha value is -1.56. The highest BCUT2D eigenvalue weighted by Crippen LogP contribution is 2.65. The zero-order valence-electron chi connectivity index (χ0n) is 25.2. The van der Waals surface area contributed by atoms with Gasteiger partial charge in [0.05, 0.1) is 0 Å². The Morgan fingerprint density at radius 1 is 0.872 bits per heavy atom. The average Bonchev–Trinajstić information content (AvgIpc) is 3.23. The molecule has 0 heterocycles. The van der Waals surface area contributed by atoms with Gasteiger partial charge < -0.3 is 4.74 Å². The second-order valence-corrected chi connectivity index (χ2v) is 13.7. The van der Waals surface area contributed by atoms with Crippen molar-refractivity contribution in [1.82, 2.24) is 0 Å². The van der Waals surface area contributed by atoms with E-state index in [1.54, 1.807) is 0 Å². The molecule has 3 heteroatoms. The molecule has 0 unspecified atom stereocenters. The van der Waals surface area contributed by atoms with Gasteiger partial charge in [-0.2, -0.15) is 0 Å². The molecule has 0 saturated heterocycles. The summed E-state index contributed by atoms with van der Waals surface area (Å²) in [6, 6.07) is 0. The normalized spacial score (nSPS) is 33.5. The lowest BCUT2D eigenvalue weighted by Crippen LogP contribution is -2.53. The maximum atomic E-state index is 13.0. The van der Waals surface area contributed by atoms with E-state index >= 15 is 0 Å². The third kappa shape index (κ3) is 7.02. The number of ketones is 1. The Morgan fingerprint density at radius 2 is 1.51 bits per heavy atom. The third-order valence-electron chi connectivity index (χ3n) is 11.4. The van der Waals surface area contributed by atoms with Gasteiger partial charge in [0.2, 0.25) is 0 Å². The topological polar surface area (TPSA) is 43.4 Å². The van der Waals surface area contributed by atoms with Gasteiger partial charge in [0, 0.05) is 18.3 Å². The van der Waals surface area contributed by atoms with Gasteiger partial charge in [0.15, 0.2) is 11.4 Å². The number of carbonyl (C=O) groups excluding carboxylic acids is 2. The van der Waals surface area contributed by atoms with Crippen molar-refractivity contribution in [3.63, 3.8) is 0 Å². The van der Waals surface area contributed by atoms with Crippen LogP contribution in [0, 0.1) is 41.4 Å². The summed E-state index contributed by atoms with van der Waals surface area (Å²) >= 11 is 0. The second-order valence-electron chi connectivity index (χ2n) is 13.7. The number of hydrogen-bond donors (Lipinski definition) is 0. The molecule has 0 aromatic rings. The molecular formula is C36H56O3. The summed E-state index contributed by atoms with van der Waals surface area (Å²) in [6.45, 7) is 4.60. The first-order valence-electron chi connectivity index (χ1n) is 16.9. The van der Waals surface area contributed by atoms with Gasteiger partial charge in [-0.25, -0.2) is 0 Å². The molecule has 3 fully saturated rings. The van der Waals surface area contributed by atoms with Crippen molar-refractivity contribution in [2.45, 2.75) is 161 Å². The molecule has 39 heavy (non-hydrogen) atoms. The molecule has 0 aromatic carbocycles. The SMILES string of the molecule is C#C[C@]1(OC(=O)CCCCCCCCCCCCCCC)CC[C@H]2[C@@H]3CCC4=CC(=O)CC[C@@H]4[C@H]3CC[C@@]21C. The molecule has 3 nitrogen and oxygen atoms in total. The summed E-state index contributed by atoms with van der Waals surface area (Å²) in [7, 11) is 0. The lowest BCUT2D eigenvalue weighted by atomic mass is 9.50. The number of carbonyl (C=O) groups is 2. The van der Waals surface area contributed by atoms with E-state index in [0.717, 1.165) is 57.8 Å². The van der Waals surface area contributed by atoms with Gasteiger partial charge in [0.1, 0.15) is 0 Å². The van der Waals surface area contributed by atoms with E-state index in [-0.39, 0.29) is 11.4 Å². The van der Waals surface area contributed by atoms with Crippen LogP contribution in [0.1, 0.15) is 155 Å². The van der Waals surface area contributed by atoms with Crippen LogP contribution in [0.25, 0.3) is 0 Å². The van der Waals surface area contributed by atoms with Crippen molar-refractivity contribution >= 4 is 11.8 Å². The predicted octanol–water partition coefficient (Wildman–Crippen LogP) is 9.52. The highest BCUT2D eigenvalue weighted by atomic mass is 16.6. The highest BCUT2D eigenvalue weighted by molar-refractivity contribution is 5.91. The standard InChI is InChI=1S/C36H56O3/c1-4-6-7-8-9-10-11-12-13-14-15-16-17-18-34(38)39-36(5-2)26-24-33-32-21-19-28-27-29(37)20-22-30(28)31(32)23-25-35(33,36)3/h2,27,30-33H,4,6-26H2,1,3H3/t30-,31+,32+,33-,35-,36-/m0/s1. The molecule has 4 aliphatic carbocycles. The number of rotatable bonds is 15. The Labute approximate surface area is 239 Å². The fraction of sp³-hybridized carbons (Fsp3) is 0.833. The van der Waals surface area contributed by atoms with Crippen molar-refractivity contribution in [3.8, 4) is 12.3 Å². The molecular weight excluding hydrogens is 480 g/mol. The van der Waals surface area contributed by atoms with E-state index in [1.807, 2.05) is 6.08 Å². The van der Waals surface area contributed by atoms with Gasteiger partial charge >= 0.3 is 5.97 Å². The van der Waals surface area contributed by atoms with Crippen LogP contribution in [0.15, 0.2) is 11.6 Å². The largest absolute Gasteiger partial charge is 0.445 e. The molecule has 0 N–H and O–H groups in total. The van der Waals surface area contributed by atoms with E-state index in [9.17, 15) is 9.59 Å². The van der Waals surface area contributed by atoms with Crippen molar-refractivity contribution in [1.29, 1.82) is 0 Å². The van der Waals surface area contributed by atoms with Crippen molar-refractivity contribution in [2.75, 3.05) is 0 Å². The van der Waals surface area contributed by atoms with Gasteiger partial charge in [-0.3, -0.25) is 9.59 Å². The first-order valence-corrected chi connectivity index (χ1v) is 16.9. The molecule has 0 radical (unpaired) electrons. The monoisotopic (exact) mass is 536 g/mol. The summed E-state index contributed by atoms with van der Waals surface area (Å²) in [4.78, 5) is 25.0. The van der Waals surface area contributed by atoms with Crippen LogP contribution in [-0.4, -0.2) is 17.4 Å². The Morgan fingerprint density at radius 3 is 2.15 bits per heavy atom. The fourth-order valence-electron chi connectivity index (χ4n) is 9.15. The fourth-order valence-corrected chi connectivity index (χ4v) is 9.15. The van der Waals surface area contributed by atoms with Gasteiger partial charge in [0.25, 0.3) is 0 Å². The Bertz CT molecular complexity index is 895. The molecule has 4 rings (SSSR count). The van der Waals surface area contributed by atoms with E-state index in [1.165, 1.54) is 76.2 Å². The van der Waals surface area contributed by atoms with E-state index in [0.29, 0.717) is 42.3 Å². The number of unbranched alkanes of at least 4 members (excludes halogenated alkanes) is 12. The summed E-state index contributed by atoms with van der Waals surface area (Å²) in [5, 5.41) is 0. The predicted molar refractivity (Wildman–Crippen MR) is 160 cm³/mol. The maximum Gasteiger partial charge on any atom is 0.307 e. The average molecular weight is 537 g/mol. The first kappa shape index (κ1) is 30.4. The van der Waals surface area contributed by atoms with E-state index < -0.39 is 5.60 Å². The second kappa shape index (κ2) is 14.4. The number of fused-ring (bicyclic) bond motifs is 5. The quantitative estimate of drug-likeness (QED) is 0.119. The van der Waals surface area contributed by atoms with Crippen LogP contribution in [0.4, 0.5) is 0 Å². The molecule has 218 valence electrons.